The number of urea groups is 1. The predicted octanol–water partition coefficient (Wildman–Crippen LogP) is 0.221. The number of carboxylic acids is 1. The van der Waals surface area contributed by atoms with Crippen molar-refractivity contribution in [3.05, 3.63) is 18.2 Å². The highest BCUT2D eigenvalue weighted by molar-refractivity contribution is 5.80. The Labute approximate surface area is 111 Å². The number of carboxylic acid groups (broad SMARTS) is 1. The van der Waals surface area contributed by atoms with Gasteiger partial charge in [0.25, 0.3) is 0 Å². The van der Waals surface area contributed by atoms with Crippen LogP contribution in [0.5, 0.6) is 0 Å². The molecule has 1 aromatic heterocycles. The van der Waals surface area contributed by atoms with E-state index in [2.05, 4.69) is 10.3 Å². The molecule has 0 saturated heterocycles. The zero-order chi connectivity index (χ0) is 13.8. The second-order valence-corrected chi connectivity index (χ2v) is 4.69. The van der Waals surface area contributed by atoms with Gasteiger partial charge in [-0.3, -0.25) is 4.79 Å². The van der Waals surface area contributed by atoms with Gasteiger partial charge in [0, 0.05) is 38.4 Å². The molecule has 0 atom stereocenters. The Morgan fingerprint density at radius 1 is 1.58 bits per heavy atom. The molecule has 7 nitrogen and oxygen atoms in total. The zero-order valence-corrected chi connectivity index (χ0v) is 10.9. The van der Waals surface area contributed by atoms with Crippen LogP contribution in [0.3, 0.4) is 0 Å². The van der Waals surface area contributed by atoms with Gasteiger partial charge in [0.05, 0.1) is 0 Å². The second kappa shape index (κ2) is 5.73. The number of nitrogens with zero attached hydrogens (tertiary/aromatic N) is 3. The second-order valence-electron chi connectivity index (χ2n) is 4.69. The van der Waals surface area contributed by atoms with Crippen LogP contribution in [0.1, 0.15) is 18.7 Å². The monoisotopic (exact) mass is 266 g/mol. The number of aromatic nitrogens is 2. The maximum atomic E-state index is 11.9. The first-order valence-electron chi connectivity index (χ1n) is 6.30. The first-order chi connectivity index (χ1) is 9.08. The van der Waals surface area contributed by atoms with Gasteiger partial charge < -0.3 is 19.9 Å². The van der Waals surface area contributed by atoms with Gasteiger partial charge in [0.15, 0.2) is 0 Å². The van der Waals surface area contributed by atoms with E-state index < -0.39 is 5.97 Å². The number of carbonyl (C=O) groups excluding carboxylic acids is 1. The van der Waals surface area contributed by atoms with Crippen molar-refractivity contribution in [2.24, 2.45) is 7.05 Å². The summed E-state index contributed by atoms with van der Waals surface area (Å²) in [5, 5.41) is 11.5. The van der Waals surface area contributed by atoms with Crippen LogP contribution < -0.4 is 5.32 Å². The molecule has 0 aromatic carbocycles. The van der Waals surface area contributed by atoms with E-state index in [0.29, 0.717) is 13.0 Å². The Morgan fingerprint density at radius 2 is 2.32 bits per heavy atom. The first-order valence-corrected chi connectivity index (χ1v) is 6.30. The van der Waals surface area contributed by atoms with Crippen LogP contribution in [0.15, 0.2) is 12.4 Å². The topological polar surface area (TPSA) is 87.5 Å². The standard InChI is InChI=1S/C12H18N4O3/c1-15-7-6-13-10(15)4-5-14-12(19)16(8-11(17)18)9-2-3-9/h6-7,9H,2-5,8H2,1H3,(H,14,19)(H,17,18). The summed E-state index contributed by atoms with van der Waals surface area (Å²) in [6.45, 7) is 0.214. The summed E-state index contributed by atoms with van der Waals surface area (Å²) in [6.07, 6.45) is 5.96. The van der Waals surface area contributed by atoms with Crippen molar-refractivity contribution < 1.29 is 14.7 Å². The van der Waals surface area contributed by atoms with E-state index in [1.807, 2.05) is 17.8 Å². The van der Waals surface area contributed by atoms with Crippen LogP contribution in [-0.4, -0.2) is 50.7 Å². The smallest absolute Gasteiger partial charge is 0.323 e. The molecular weight excluding hydrogens is 248 g/mol. The van der Waals surface area contributed by atoms with Gasteiger partial charge in [-0.1, -0.05) is 0 Å². The Kier molecular flexibility index (Phi) is 4.03. The van der Waals surface area contributed by atoms with Crippen molar-refractivity contribution in [2.75, 3.05) is 13.1 Å². The lowest BCUT2D eigenvalue weighted by Gasteiger charge is -2.20. The summed E-state index contributed by atoms with van der Waals surface area (Å²) >= 11 is 0. The Hall–Kier alpha value is -2.05. The van der Waals surface area contributed by atoms with Gasteiger partial charge in [0.1, 0.15) is 12.4 Å². The van der Waals surface area contributed by atoms with Gasteiger partial charge in [-0.2, -0.15) is 0 Å². The highest BCUT2D eigenvalue weighted by atomic mass is 16.4. The van der Waals surface area contributed by atoms with E-state index in [9.17, 15) is 9.59 Å². The summed E-state index contributed by atoms with van der Waals surface area (Å²) in [4.78, 5) is 28.2. The van der Waals surface area contributed by atoms with E-state index in [1.54, 1.807) is 6.20 Å². The normalized spacial score (nSPS) is 14.2. The molecule has 0 aliphatic heterocycles. The average molecular weight is 266 g/mol. The molecule has 0 bridgehead atoms. The quantitative estimate of drug-likeness (QED) is 0.771. The molecule has 2 rings (SSSR count). The van der Waals surface area contributed by atoms with Gasteiger partial charge in [-0.05, 0) is 12.8 Å². The molecule has 1 heterocycles. The fraction of sp³-hybridized carbons (Fsp3) is 0.583. The van der Waals surface area contributed by atoms with Crippen LogP contribution in [0.25, 0.3) is 0 Å². The van der Waals surface area contributed by atoms with Gasteiger partial charge >= 0.3 is 12.0 Å². The van der Waals surface area contributed by atoms with Crippen molar-refractivity contribution in [3.8, 4) is 0 Å². The third-order valence-corrected chi connectivity index (χ3v) is 3.10. The predicted molar refractivity (Wildman–Crippen MR) is 67.7 cm³/mol. The van der Waals surface area contributed by atoms with Crippen LogP contribution in [0.4, 0.5) is 4.79 Å². The zero-order valence-electron chi connectivity index (χ0n) is 10.9. The maximum absolute atomic E-state index is 11.9. The number of carbonyl (C=O) groups is 2. The summed E-state index contributed by atoms with van der Waals surface area (Å²) in [7, 11) is 1.89. The lowest BCUT2D eigenvalue weighted by molar-refractivity contribution is -0.137. The molecule has 1 saturated carbocycles. The number of rotatable bonds is 6. The lowest BCUT2D eigenvalue weighted by Crippen LogP contribution is -2.44. The van der Waals surface area contributed by atoms with Crippen molar-refractivity contribution in [1.82, 2.24) is 19.8 Å². The number of hydrogen-bond donors (Lipinski definition) is 2. The number of hydrogen-bond acceptors (Lipinski definition) is 3. The average Bonchev–Trinajstić information content (AvgIpc) is 3.11. The Bertz CT molecular complexity index is 467. The number of aryl methyl sites for hydroxylation is 1. The maximum Gasteiger partial charge on any atom is 0.323 e. The minimum Gasteiger partial charge on any atom is -0.480 e. The fourth-order valence-electron chi connectivity index (χ4n) is 1.92. The summed E-state index contributed by atoms with van der Waals surface area (Å²) in [5.74, 6) is -0.0948. The van der Waals surface area contributed by atoms with E-state index in [0.717, 1.165) is 18.7 Å². The largest absolute Gasteiger partial charge is 0.480 e. The SMILES string of the molecule is Cn1ccnc1CCNC(=O)N(CC(=O)O)C1CC1. The number of aliphatic carboxylic acids is 1. The molecular formula is C12H18N4O3. The number of nitrogens with one attached hydrogen (secondary N) is 1. The van der Waals surface area contributed by atoms with Crippen LogP contribution in [-0.2, 0) is 18.3 Å². The molecule has 19 heavy (non-hydrogen) atoms. The molecule has 0 unspecified atom stereocenters. The number of imidazole rings is 1. The fourth-order valence-corrected chi connectivity index (χ4v) is 1.92. The van der Waals surface area contributed by atoms with Crippen molar-refractivity contribution in [1.29, 1.82) is 0 Å². The summed E-state index contributed by atoms with van der Waals surface area (Å²) in [6, 6.07) is -0.219. The highest BCUT2D eigenvalue weighted by Gasteiger charge is 2.33. The first kappa shape index (κ1) is 13.4. The molecule has 1 fully saturated rings. The van der Waals surface area contributed by atoms with Crippen molar-refractivity contribution >= 4 is 12.0 Å². The van der Waals surface area contributed by atoms with E-state index in [1.165, 1.54) is 4.90 Å². The molecule has 1 aliphatic rings. The Balaban J connectivity index is 1.79. The Morgan fingerprint density at radius 3 is 2.84 bits per heavy atom. The minimum absolute atomic E-state index is 0.0873. The van der Waals surface area contributed by atoms with Crippen LogP contribution >= 0.6 is 0 Å². The molecule has 7 heteroatoms. The van der Waals surface area contributed by atoms with Crippen LogP contribution in [0, 0.1) is 0 Å². The molecule has 2 N–H and O–H groups in total. The van der Waals surface area contributed by atoms with E-state index >= 15 is 0 Å². The van der Waals surface area contributed by atoms with E-state index in [4.69, 9.17) is 5.11 Å². The van der Waals surface area contributed by atoms with Gasteiger partial charge in [0.2, 0.25) is 0 Å². The lowest BCUT2D eigenvalue weighted by atomic mass is 10.4. The molecule has 104 valence electrons. The summed E-state index contributed by atoms with van der Waals surface area (Å²) < 4.78 is 1.89. The third-order valence-electron chi connectivity index (χ3n) is 3.10. The summed E-state index contributed by atoms with van der Waals surface area (Å²) in [5.41, 5.74) is 0. The molecule has 2 amide bonds. The van der Waals surface area contributed by atoms with Crippen molar-refractivity contribution in [2.45, 2.75) is 25.3 Å². The highest BCUT2D eigenvalue weighted by Crippen LogP contribution is 2.26. The third kappa shape index (κ3) is 3.70. The van der Waals surface area contributed by atoms with Crippen molar-refractivity contribution in [3.63, 3.8) is 0 Å². The molecule has 0 spiro atoms. The van der Waals surface area contributed by atoms with E-state index in [-0.39, 0.29) is 18.6 Å². The molecule has 0 radical (unpaired) electrons. The molecule has 1 aliphatic carbocycles. The minimum atomic E-state index is -0.980. The molecule has 1 aromatic rings. The van der Waals surface area contributed by atoms with Crippen LogP contribution in [0.2, 0.25) is 0 Å². The number of amides is 2. The van der Waals surface area contributed by atoms with Gasteiger partial charge in [-0.25, -0.2) is 9.78 Å². The van der Waals surface area contributed by atoms with Gasteiger partial charge in [-0.15, -0.1) is 0 Å².